The van der Waals surface area contributed by atoms with E-state index in [1.54, 1.807) is 32.4 Å². The van der Waals surface area contributed by atoms with E-state index < -0.39 is 0 Å². The Labute approximate surface area is 184 Å². The Hall–Kier alpha value is -2.16. The van der Waals surface area contributed by atoms with Crippen LogP contribution < -0.4 is 20.1 Å². The lowest BCUT2D eigenvalue weighted by Crippen LogP contribution is -2.36. The van der Waals surface area contributed by atoms with Crippen LogP contribution in [0.5, 0.6) is 17.2 Å². The van der Waals surface area contributed by atoms with Gasteiger partial charge in [0.2, 0.25) is 0 Å². The van der Waals surface area contributed by atoms with Gasteiger partial charge in [-0.1, -0.05) is 19.1 Å². The molecule has 2 aromatic carbocycles. The number of phenolic OH excluding ortho intramolecular Hbond substituents is 1. The van der Waals surface area contributed by atoms with Crippen molar-refractivity contribution < 1.29 is 14.6 Å². The van der Waals surface area contributed by atoms with Crippen LogP contribution in [-0.2, 0) is 13.1 Å². The van der Waals surface area contributed by atoms with Crippen molar-refractivity contribution in [3.05, 3.63) is 53.1 Å². The lowest BCUT2D eigenvalue weighted by atomic mass is 10.1. The molecule has 6 nitrogen and oxygen atoms in total. The predicted octanol–water partition coefficient (Wildman–Crippen LogP) is 3.98. The van der Waals surface area contributed by atoms with Gasteiger partial charge >= 0.3 is 0 Å². The summed E-state index contributed by atoms with van der Waals surface area (Å²) in [5.41, 5.74) is 2.97. The largest absolute Gasteiger partial charge is 0.508 e. The maximum Gasteiger partial charge on any atom is 0.191 e. The number of aliphatic imine (C=N–C) groups is 1. The van der Waals surface area contributed by atoms with Crippen LogP contribution >= 0.6 is 24.0 Å². The minimum atomic E-state index is 0. The number of phenols is 1. The molecule has 0 aliphatic rings. The van der Waals surface area contributed by atoms with E-state index in [4.69, 9.17) is 9.47 Å². The topological polar surface area (TPSA) is 75.1 Å². The molecular formula is C21H30IN3O3. The van der Waals surface area contributed by atoms with Crippen molar-refractivity contribution in [1.82, 2.24) is 10.6 Å². The summed E-state index contributed by atoms with van der Waals surface area (Å²) in [4.78, 5) is 4.24. The number of nitrogens with one attached hydrogen (secondary N) is 2. The van der Waals surface area contributed by atoms with Crippen molar-refractivity contribution >= 4 is 29.9 Å². The molecule has 2 rings (SSSR count). The van der Waals surface area contributed by atoms with E-state index in [2.05, 4.69) is 47.7 Å². The molecule has 0 radical (unpaired) electrons. The highest BCUT2D eigenvalue weighted by Gasteiger charge is 2.08. The van der Waals surface area contributed by atoms with Crippen molar-refractivity contribution in [2.45, 2.75) is 33.4 Å². The van der Waals surface area contributed by atoms with Crippen LogP contribution in [0.1, 0.15) is 30.0 Å². The van der Waals surface area contributed by atoms with E-state index in [1.807, 2.05) is 0 Å². The molecule has 0 unspecified atom stereocenters. The molecule has 3 N–H and O–H groups in total. The average Bonchev–Trinajstić information content (AvgIpc) is 2.68. The van der Waals surface area contributed by atoms with Crippen molar-refractivity contribution in [2.75, 3.05) is 20.8 Å². The molecule has 28 heavy (non-hydrogen) atoms. The fraction of sp³-hybridized carbons (Fsp3) is 0.381. The number of aromatic hydroxyl groups is 1. The van der Waals surface area contributed by atoms with Crippen molar-refractivity contribution in [3.63, 3.8) is 0 Å². The molecule has 0 aliphatic carbocycles. The van der Waals surface area contributed by atoms with Crippen LogP contribution in [0.4, 0.5) is 0 Å². The molecular weight excluding hydrogens is 469 g/mol. The van der Waals surface area contributed by atoms with E-state index >= 15 is 0 Å². The molecule has 0 fully saturated rings. The van der Waals surface area contributed by atoms with Gasteiger partial charge in [0.05, 0.1) is 13.7 Å². The van der Waals surface area contributed by atoms with Crippen LogP contribution in [-0.4, -0.2) is 31.8 Å². The number of ether oxygens (including phenoxy) is 2. The molecule has 0 aliphatic heterocycles. The first-order chi connectivity index (χ1) is 13.1. The van der Waals surface area contributed by atoms with Crippen molar-refractivity contribution in [1.29, 1.82) is 0 Å². The Balaban J connectivity index is 0.00000392. The third-order valence-electron chi connectivity index (χ3n) is 4.09. The summed E-state index contributed by atoms with van der Waals surface area (Å²) in [5, 5.41) is 16.5. The van der Waals surface area contributed by atoms with Crippen molar-refractivity contribution in [3.8, 4) is 17.2 Å². The van der Waals surface area contributed by atoms with E-state index in [0.29, 0.717) is 31.4 Å². The van der Waals surface area contributed by atoms with Crippen LogP contribution in [0, 0.1) is 6.92 Å². The minimum Gasteiger partial charge on any atom is -0.508 e. The van der Waals surface area contributed by atoms with Crippen LogP contribution in [0.25, 0.3) is 0 Å². The predicted molar refractivity (Wildman–Crippen MR) is 124 cm³/mol. The van der Waals surface area contributed by atoms with Gasteiger partial charge in [-0.05, 0) is 43.2 Å². The highest BCUT2D eigenvalue weighted by Crippen LogP contribution is 2.23. The molecule has 154 valence electrons. The number of aryl methyl sites for hydroxylation is 1. The smallest absolute Gasteiger partial charge is 0.191 e. The van der Waals surface area contributed by atoms with Crippen LogP contribution in [0.2, 0.25) is 0 Å². The maximum absolute atomic E-state index is 10.00. The third kappa shape index (κ3) is 7.10. The second kappa shape index (κ2) is 12.3. The summed E-state index contributed by atoms with van der Waals surface area (Å²) in [7, 11) is 3.31. The van der Waals surface area contributed by atoms with Gasteiger partial charge in [-0.3, -0.25) is 4.99 Å². The van der Waals surface area contributed by atoms with Crippen molar-refractivity contribution in [2.24, 2.45) is 4.99 Å². The van der Waals surface area contributed by atoms with E-state index in [9.17, 15) is 5.11 Å². The van der Waals surface area contributed by atoms with Gasteiger partial charge in [-0.2, -0.15) is 0 Å². The number of hydrogen-bond donors (Lipinski definition) is 3. The first kappa shape index (κ1) is 23.9. The molecule has 0 heterocycles. The SMILES string of the molecule is CCCOc1cc(C)ccc1CNC(=NC)NCc1cc(OC)ccc1O.I. The zero-order chi connectivity index (χ0) is 19.6. The summed E-state index contributed by atoms with van der Waals surface area (Å²) in [6.07, 6.45) is 0.966. The highest BCUT2D eigenvalue weighted by atomic mass is 127. The number of methoxy groups -OCH3 is 1. The number of rotatable bonds is 8. The minimum absolute atomic E-state index is 0. The average molecular weight is 499 g/mol. The normalized spacial score (nSPS) is 10.8. The molecule has 0 aromatic heterocycles. The van der Waals surface area contributed by atoms with E-state index in [0.717, 1.165) is 23.3 Å². The number of benzene rings is 2. The summed E-state index contributed by atoms with van der Waals surface area (Å²) in [5.74, 6) is 2.45. The Kier molecular flexibility index (Phi) is 10.5. The van der Waals surface area contributed by atoms with E-state index in [-0.39, 0.29) is 29.7 Å². The fourth-order valence-electron chi connectivity index (χ4n) is 2.56. The summed E-state index contributed by atoms with van der Waals surface area (Å²) >= 11 is 0. The summed E-state index contributed by atoms with van der Waals surface area (Å²) in [6, 6.07) is 11.3. The lowest BCUT2D eigenvalue weighted by molar-refractivity contribution is 0.313. The summed E-state index contributed by atoms with van der Waals surface area (Å²) in [6.45, 7) is 5.85. The molecule has 0 amide bonds. The Morgan fingerprint density at radius 1 is 1.07 bits per heavy atom. The molecule has 0 saturated heterocycles. The van der Waals surface area contributed by atoms with Gasteiger partial charge in [0.25, 0.3) is 0 Å². The van der Waals surface area contributed by atoms with E-state index in [1.165, 1.54) is 5.56 Å². The first-order valence-corrected chi connectivity index (χ1v) is 9.10. The lowest BCUT2D eigenvalue weighted by Gasteiger charge is -2.16. The Bertz CT molecular complexity index is 781. The van der Waals surface area contributed by atoms with Gasteiger partial charge in [0, 0.05) is 31.3 Å². The fourth-order valence-corrected chi connectivity index (χ4v) is 2.56. The quantitative estimate of drug-likeness (QED) is 0.291. The Morgan fingerprint density at radius 3 is 2.43 bits per heavy atom. The molecule has 0 bridgehead atoms. The standard InChI is InChI=1S/C21H29N3O3.HI/c1-5-10-27-20-11-15(2)6-7-16(20)13-23-21(22-3)24-14-17-12-18(26-4)8-9-19(17)25;/h6-9,11-12,25H,5,10,13-14H2,1-4H3,(H2,22,23,24);1H. The molecule has 0 saturated carbocycles. The monoisotopic (exact) mass is 499 g/mol. The zero-order valence-electron chi connectivity index (χ0n) is 16.9. The second-order valence-corrected chi connectivity index (χ2v) is 6.23. The van der Waals surface area contributed by atoms with Gasteiger partial charge in [-0.15, -0.1) is 24.0 Å². The maximum atomic E-state index is 10.00. The first-order valence-electron chi connectivity index (χ1n) is 9.10. The Morgan fingerprint density at radius 2 is 1.79 bits per heavy atom. The molecule has 0 atom stereocenters. The number of nitrogens with zero attached hydrogens (tertiary/aromatic N) is 1. The van der Waals surface area contributed by atoms with Gasteiger partial charge < -0.3 is 25.2 Å². The van der Waals surface area contributed by atoms with Gasteiger partial charge in [-0.25, -0.2) is 0 Å². The third-order valence-corrected chi connectivity index (χ3v) is 4.09. The molecule has 0 spiro atoms. The van der Waals surface area contributed by atoms with Gasteiger partial charge in [0.15, 0.2) is 5.96 Å². The summed E-state index contributed by atoms with van der Waals surface area (Å²) < 4.78 is 11.1. The highest BCUT2D eigenvalue weighted by molar-refractivity contribution is 14.0. The van der Waals surface area contributed by atoms with Crippen LogP contribution in [0.15, 0.2) is 41.4 Å². The molecule has 2 aromatic rings. The number of hydrogen-bond acceptors (Lipinski definition) is 4. The number of halogens is 1. The molecule has 7 heteroatoms. The zero-order valence-corrected chi connectivity index (χ0v) is 19.2. The second-order valence-electron chi connectivity index (χ2n) is 6.23. The van der Waals surface area contributed by atoms with Gasteiger partial charge in [0.1, 0.15) is 17.2 Å². The van der Waals surface area contributed by atoms with Crippen LogP contribution in [0.3, 0.4) is 0 Å². The number of guanidine groups is 1.